The second kappa shape index (κ2) is 10.3. The van der Waals surface area contributed by atoms with Crippen LogP contribution in [-0.2, 0) is 0 Å². The highest BCUT2D eigenvalue weighted by atomic mass is 16.5. The number of unbranched alkanes of at least 4 members (excludes halogenated alkanes) is 4. The lowest BCUT2D eigenvalue weighted by Crippen LogP contribution is -2.11. The SMILES string of the molecule is CCCCCCCC(C)CCOc1cccc(C(N)=O)c1. The van der Waals surface area contributed by atoms with Gasteiger partial charge in [-0.1, -0.05) is 58.4 Å². The molecule has 0 aromatic heterocycles. The topological polar surface area (TPSA) is 52.3 Å². The van der Waals surface area contributed by atoms with Gasteiger partial charge in [0.1, 0.15) is 5.75 Å². The molecule has 21 heavy (non-hydrogen) atoms. The van der Waals surface area contributed by atoms with Crippen molar-refractivity contribution in [1.82, 2.24) is 0 Å². The van der Waals surface area contributed by atoms with Crippen molar-refractivity contribution >= 4 is 5.91 Å². The minimum Gasteiger partial charge on any atom is -0.494 e. The molecule has 0 aliphatic heterocycles. The number of benzene rings is 1. The number of primary amides is 1. The molecule has 1 aromatic rings. The van der Waals surface area contributed by atoms with Crippen LogP contribution in [0, 0.1) is 5.92 Å². The Labute approximate surface area is 128 Å². The Morgan fingerprint density at radius 2 is 1.95 bits per heavy atom. The summed E-state index contributed by atoms with van der Waals surface area (Å²) in [6.07, 6.45) is 9.00. The summed E-state index contributed by atoms with van der Waals surface area (Å²) in [7, 11) is 0. The fraction of sp³-hybridized carbons (Fsp3) is 0.611. The second-order valence-electron chi connectivity index (χ2n) is 5.84. The van der Waals surface area contributed by atoms with Crippen molar-refractivity contribution in [2.75, 3.05) is 6.61 Å². The summed E-state index contributed by atoms with van der Waals surface area (Å²) < 4.78 is 5.70. The van der Waals surface area contributed by atoms with E-state index in [0.717, 1.165) is 12.2 Å². The van der Waals surface area contributed by atoms with E-state index in [-0.39, 0.29) is 0 Å². The number of nitrogens with two attached hydrogens (primary N) is 1. The van der Waals surface area contributed by atoms with Crippen molar-refractivity contribution in [1.29, 1.82) is 0 Å². The molecule has 0 aliphatic carbocycles. The van der Waals surface area contributed by atoms with Gasteiger partial charge in [-0.3, -0.25) is 4.79 Å². The molecule has 0 radical (unpaired) electrons. The first kappa shape index (κ1) is 17.5. The minimum absolute atomic E-state index is 0.416. The quantitative estimate of drug-likeness (QED) is 0.608. The van der Waals surface area contributed by atoms with Crippen molar-refractivity contribution in [2.45, 2.75) is 58.8 Å². The number of carbonyl (C=O) groups excluding carboxylic acids is 1. The van der Waals surface area contributed by atoms with Crippen LogP contribution in [0.2, 0.25) is 0 Å². The van der Waals surface area contributed by atoms with Crippen LogP contribution >= 0.6 is 0 Å². The van der Waals surface area contributed by atoms with Crippen LogP contribution < -0.4 is 10.5 Å². The van der Waals surface area contributed by atoms with Gasteiger partial charge < -0.3 is 10.5 Å². The van der Waals surface area contributed by atoms with Gasteiger partial charge in [-0.2, -0.15) is 0 Å². The minimum atomic E-state index is -0.416. The van der Waals surface area contributed by atoms with E-state index in [1.807, 2.05) is 6.07 Å². The van der Waals surface area contributed by atoms with Gasteiger partial charge in [0, 0.05) is 5.56 Å². The van der Waals surface area contributed by atoms with Gasteiger partial charge in [-0.25, -0.2) is 0 Å². The van der Waals surface area contributed by atoms with Gasteiger partial charge >= 0.3 is 0 Å². The highest BCUT2D eigenvalue weighted by Crippen LogP contribution is 2.17. The standard InChI is InChI=1S/C18H29NO2/c1-3-4-5-6-7-9-15(2)12-13-21-17-11-8-10-16(14-17)18(19)20/h8,10-11,14-15H,3-7,9,12-13H2,1-2H3,(H2,19,20). The third-order valence-electron chi connectivity index (χ3n) is 3.80. The fourth-order valence-electron chi connectivity index (χ4n) is 2.36. The van der Waals surface area contributed by atoms with Gasteiger partial charge in [0.2, 0.25) is 5.91 Å². The molecule has 2 N–H and O–H groups in total. The highest BCUT2D eigenvalue weighted by Gasteiger charge is 2.05. The summed E-state index contributed by atoms with van der Waals surface area (Å²) >= 11 is 0. The molecule has 3 nitrogen and oxygen atoms in total. The summed E-state index contributed by atoms with van der Waals surface area (Å²) in [4.78, 5) is 11.1. The van der Waals surface area contributed by atoms with Gasteiger partial charge in [0.05, 0.1) is 6.61 Å². The summed E-state index contributed by atoms with van der Waals surface area (Å²) in [6.45, 7) is 5.22. The molecule has 0 bridgehead atoms. The zero-order valence-electron chi connectivity index (χ0n) is 13.4. The van der Waals surface area contributed by atoms with Gasteiger partial charge in [0.25, 0.3) is 0 Å². The first-order valence-electron chi connectivity index (χ1n) is 8.16. The summed E-state index contributed by atoms with van der Waals surface area (Å²) in [6, 6.07) is 7.07. The van der Waals surface area contributed by atoms with E-state index in [9.17, 15) is 4.79 Å². The molecule has 0 heterocycles. The van der Waals surface area contributed by atoms with Crippen LogP contribution in [0.15, 0.2) is 24.3 Å². The number of hydrogen-bond donors (Lipinski definition) is 1. The molecule has 0 saturated heterocycles. The second-order valence-corrected chi connectivity index (χ2v) is 5.84. The molecule has 1 rings (SSSR count). The van der Waals surface area contributed by atoms with E-state index in [0.29, 0.717) is 18.1 Å². The van der Waals surface area contributed by atoms with Crippen LogP contribution in [0.25, 0.3) is 0 Å². The van der Waals surface area contributed by atoms with E-state index in [4.69, 9.17) is 10.5 Å². The van der Waals surface area contributed by atoms with Crippen LogP contribution in [-0.4, -0.2) is 12.5 Å². The van der Waals surface area contributed by atoms with Crippen LogP contribution in [0.1, 0.15) is 69.2 Å². The predicted molar refractivity (Wildman–Crippen MR) is 87.6 cm³/mol. The summed E-state index contributed by atoms with van der Waals surface area (Å²) in [5.74, 6) is 0.994. The molecule has 1 amide bonds. The normalized spacial score (nSPS) is 12.1. The van der Waals surface area contributed by atoms with Gasteiger partial charge in [0.15, 0.2) is 0 Å². The smallest absolute Gasteiger partial charge is 0.248 e. The molecule has 0 spiro atoms. The molecule has 1 aromatic carbocycles. The summed E-state index contributed by atoms with van der Waals surface area (Å²) in [5.41, 5.74) is 5.75. The summed E-state index contributed by atoms with van der Waals surface area (Å²) in [5, 5.41) is 0. The lowest BCUT2D eigenvalue weighted by Gasteiger charge is -2.12. The van der Waals surface area contributed by atoms with Crippen LogP contribution in [0.5, 0.6) is 5.75 Å². The van der Waals surface area contributed by atoms with Crippen LogP contribution in [0.4, 0.5) is 0 Å². The number of ether oxygens (including phenoxy) is 1. The molecule has 0 aliphatic rings. The average molecular weight is 291 g/mol. The molecule has 1 unspecified atom stereocenters. The third kappa shape index (κ3) is 7.74. The largest absolute Gasteiger partial charge is 0.494 e. The monoisotopic (exact) mass is 291 g/mol. The number of amides is 1. The van der Waals surface area contributed by atoms with E-state index < -0.39 is 5.91 Å². The first-order chi connectivity index (χ1) is 10.1. The molecular formula is C18H29NO2. The molecule has 1 atom stereocenters. The van der Waals surface area contributed by atoms with Crippen molar-refractivity contribution in [3.05, 3.63) is 29.8 Å². The van der Waals surface area contributed by atoms with Gasteiger partial charge in [-0.05, 0) is 30.5 Å². The Bertz CT molecular complexity index is 417. The average Bonchev–Trinajstić information content (AvgIpc) is 2.47. The van der Waals surface area contributed by atoms with Gasteiger partial charge in [-0.15, -0.1) is 0 Å². The maximum absolute atomic E-state index is 11.1. The van der Waals surface area contributed by atoms with Crippen molar-refractivity contribution in [3.8, 4) is 5.75 Å². The van der Waals surface area contributed by atoms with Crippen LogP contribution in [0.3, 0.4) is 0 Å². The predicted octanol–water partition coefficient (Wildman–Crippen LogP) is 4.55. The lowest BCUT2D eigenvalue weighted by atomic mass is 9.99. The van der Waals surface area contributed by atoms with E-state index >= 15 is 0 Å². The Morgan fingerprint density at radius 1 is 1.19 bits per heavy atom. The number of rotatable bonds is 11. The molecule has 0 fully saturated rings. The Kier molecular flexibility index (Phi) is 8.56. The zero-order chi connectivity index (χ0) is 15.5. The molecule has 3 heteroatoms. The number of carbonyl (C=O) groups is 1. The van der Waals surface area contributed by atoms with E-state index in [2.05, 4.69) is 13.8 Å². The highest BCUT2D eigenvalue weighted by molar-refractivity contribution is 5.93. The third-order valence-corrected chi connectivity index (χ3v) is 3.80. The van der Waals surface area contributed by atoms with E-state index in [1.165, 1.54) is 38.5 Å². The Hall–Kier alpha value is -1.51. The number of hydrogen-bond acceptors (Lipinski definition) is 2. The first-order valence-corrected chi connectivity index (χ1v) is 8.16. The molecular weight excluding hydrogens is 262 g/mol. The zero-order valence-corrected chi connectivity index (χ0v) is 13.4. The van der Waals surface area contributed by atoms with Crippen molar-refractivity contribution in [2.24, 2.45) is 11.7 Å². The Morgan fingerprint density at radius 3 is 2.67 bits per heavy atom. The molecule has 118 valence electrons. The lowest BCUT2D eigenvalue weighted by molar-refractivity contribution is 0.1000. The van der Waals surface area contributed by atoms with Crippen molar-refractivity contribution < 1.29 is 9.53 Å². The Balaban J connectivity index is 2.17. The maximum Gasteiger partial charge on any atom is 0.248 e. The van der Waals surface area contributed by atoms with Crippen molar-refractivity contribution in [3.63, 3.8) is 0 Å². The van der Waals surface area contributed by atoms with E-state index in [1.54, 1.807) is 18.2 Å². The fourth-order valence-corrected chi connectivity index (χ4v) is 2.36. The molecule has 0 saturated carbocycles. The maximum atomic E-state index is 11.1.